The molecule has 0 atom stereocenters. The Labute approximate surface area is 121 Å². The molecular weight excluding hydrogens is 256 g/mol. The number of carbonyl (C=O) groups is 2. The van der Waals surface area contributed by atoms with Gasteiger partial charge in [-0.1, -0.05) is 11.6 Å². The maximum atomic E-state index is 11.8. The molecule has 0 unspecified atom stereocenters. The second-order valence-corrected chi connectivity index (χ2v) is 5.14. The maximum absolute atomic E-state index is 11.8. The summed E-state index contributed by atoms with van der Waals surface area (Å²) < 4.78 is 4.93. The van der Waals surface area contributed by atoms with E-state index in [2.05, 4.69) is 11.4 Å². The van der Waals surface area contributed by atoms with E-state index in [0.29, 0.717) is 19.7 Å². The molecular formula is C15H26N2O3. The lowest BCUT2D eigenvalue weighted by atomic mass is 9.97. The molecule has 0 aromatic rings. The van der Waals surface area contributed by atoms with E-state index in [4.69, 9.17) is 4.74 Å². The van der Waals surface area contributed by atoms with Crippen LogP contribution in [0.3, 0.4) is 0 Å². The Morgan fingerprint density at radius 3 is 2.80 bits per heavy atom. The largest absolute Gasteiger partial charge is 0.383 e. The predicted octanol–water partition coefficient (Wildman–Crippen LogP) is 1.49. The van der Waals surface area contributed by atoms with Gasteiger partial charge in [0.1, 0.15) is 0 Å². The van der Waals surface area contributed by atoms with Crippen LogP contribution in [0, 0.1) is 0 Å². The molecule has 0 saturated heterocycles. The standard InChI is InChI=1S/C15H26N2O3/c1-13(18)17(10-11-20-2)12-15(19)16-9-8-14-6-4-3-5-7-14/h6H,3-5,7-12H2,1-2H3,(H,16,19). The quantitative estimate of drug-likeness (QED) is 0.686. The molecule has 0 saturated carbocycles. The van der Waals surface area contributed by atoms with Crippen LogP contribution in [0.1, 0.15) is 39.0 Å². The lowest BCUT2D eigenvalue weighted by molar-refractivity contribution is -0.134. The molecule has 0 fully saturated rings. The summed E-state index contributed by atoms with van der Waals surface area (Å²) in [6.07, 6.45) is 8.07. The minimum absolute atomic E-state index is 0.104. The highest BCUT2D eigenvalue weighted by atomic mass is 16.5. The first-order valence-electron chi connectivity index (χ1n) is 7.32. The van der Waals surface area contributed by atoms with E-state index in [1.165, 1.54) is 36.7 Å². The zero-order chi connectivity index (χ0) is 14.8. The molecule has 20 heavy (non-hydrogen) atoms. The number of ether oxygens (including phenoxy) is 1. The third-order valence-corrected chi connectivity index (χ3v) is 3.50. The van der Waals surface area contributed by atoms with Crippen molar-refractivity contribution in [1.82, 2.24) is 10.2 Å². The van der Waals surface area contributed by atoms with Gasteiger partial charge in [-0.05, 0) is 32.1 Å². The molecule has 1 aliphatic rings. The highest BCUT2D eigenvalue weighted by Crippen LogP contribution is 2.19. The molecule has 5 heteroatoms. The van der Waals surface area contributed by atoms with Crippen molar-refractivity contribution < 1.29 is 14.3 Å². The first-order valence-corrected chi connectivity index (χ1v) is 7.32. The summed E-state index contributed by atoms with van der Waals surface area (Å²) in [6.45, 7) is 3.12. The molecule has 0 bridgehead atoms. The van der Waals surface area contributed by atoms with Gasteiger partial charge in [-0.15, -0.1) is 0 Å². The normalized spacial score (nSPS) is 14.6. The zero-order valence-corrected chi connectivity index (χ0v) is 12.6. The zero-order valence-electron chi connectivity index (χ0n) is 12.6. The molecule has 1 aliphatic carbocycles. The summed E-state index contributed by atoms with van der Waals surface area (Å²) in [5.41, 5.74) is 1.44. The summed E-state index contributed by atoms with van der Waals surface area (Å²) in [5, 5.41) is 2.88. The number of allylic oxidation sites excluding steroid dienone is 1. The van der Waals surface area contributed by atoms with E-state index >= 15 is 0 Å². The number of hydrogen-bond acceptors (Lipinski definition) is 3. The molecule has 1 rings (SSSR count). The van der Waals surface area contributed by atoms with Crippen LogP contribution in [0.25, 0.3) is 0 Å². The minimum Gasteiger partial charge on any atom is -0.383 e. The van der Waals surface area contributed by atoms with E-state index < -0.39 is 0 Å². The van der Waals surface area contributed by atoms with Crippen LogP contribution < -0.4 is 5.32 Å². The number of nitrogens with one attached hydrogen (secondary N) is 1. The van der Waals surface area contributed by atoms with Gasteiger partial charge >= 0.3 is 0 Å². The number of hydrogen-bond donors (Lipinski definition) is 1. The Hall–Kier alpha value is -1.36. The van der Waals surface area contributed by atoms with Crippen LogP contribution in [0.15, 0.2) is 11.6 Å². The number of rotatable bonds is 8. The van der Waals surface area contributed by atoms with Crippen LogP contribution in [0.5, 0.6) is 0 Å². The van der Waals surface area contributed by atoms with Crippen molar-refractivity contribution in [3.63, 3.8) is 0 Å². The highest BCUT2D eigenvalue weighted by molar-refractivity contribution is 5.83. The first kappa shape index (κ1) is 16.7. The molecule has 1 N–H and O–H groups in total. The Kier molecular flexibility index (Phi) is 7.95. The average molecular weight is 282 g/mol. The van der Waals surface area contributed by atoms with Gasteiger partial charge in [0, 0.05) is 27.1 Å². The summed E-state index contributed by atoms with van der Waals surface area (Å²) in [4.78, 5) is 24.7. The van der Waals surface area contributed by atoms with Gasteiger partial charge in [0.15, 0.2) is 0 Å². The molecule has 2 amide bonds. The van der Waals surface area contributed by atoms with Gasteiger partial charge in [0.2, 0.25) is 11.8 Å². The Morgan fingerprint density at radius 1 is 1.40 bits per heavy atom. The molecule has 0 spiro atoms. The molecule has 5 nitrogen and oxygen atoms in total. The van der Waals surface area contributed by atoms with E-state index in [1.807, 2.05) is 0 Å². The van der Waals surface area contributed by atoms with Crippen LogP contribution in [-0.2, 0) is 14.3 Å². The summed E-state index contributed by atoms with van der Waals surface area (Å²) in [6, 6.07) is 0. The second kappa shape index (κ2) is 9.53. The van der Waals surface area contributed by atoms with Crippen molar-refractivity contribution in [2.45, 2.75) is 39.0 Å². The summed E-state index contributed by atoms with van der Waals surface area (Å²) in [7, 11) is 1.58. The van der Waals surface area contributed by atoms with Crippen molar-refractivity contribution in [1.29, 1.82) is 0 Å². The lowest BCUT2D eigenvalue weighted by Crippen LogP contribution is -2.41. The Morgan fingerprint density at radius 2 is 2.20 bits per heavy atom. The first-order chi connectivity index (χ1) is 9.63. The number of carbonyl (C=O) groups excluding carboxylic acids is 2. The second-order valence-electron chi connectivity index (χ2n) is 5.14. The van der Waals surface area contributed by atoms with E-state index in [-0.39, 0.29) is 18.4 Å². The summed E-state index contributed by atoms with van der Waals surface area (Å²) in [5.74, 6) is -0.208. The SMILES string of the molecule is COCCN(CC(=O)NCCC1=CCCCC1)C(C)=O. The third kappa shape index (κ3) is 6.70. The van der Waals surface area contributed by atoms with Gasteiger partial charge in [0.25, 0.3) is 0 Å². The fourth-order valence-corrected chi connectivity index (χ4v) is 2.27. The average Bonchev–Trinajstić information content (AvgIpc) is 2.44. The van der Waals surface area contributed by atoms with Gasteiger partial charge < -0.3 is 15.0 Å². The van der Waals surface area contributed by atoms with Gasteiger partial charge in [-0.2, -0.15) is 0 Å². The van der Waals surface area contributed by atoms with Crippen molar-refractivity contribution in [2.75, 3.05) is 33.4 Å². The van der Waals surface area contributed by atoms with E-state index in [1.54, 1.807) is 7.11 Å². The van der Waals surface area contributed by atoms with Crippen molar-refractivity contribution in [3.05, 3.63) is 11.6 Å². The van der Waals surface area contributed by atoms with Crippen LogP contribution in [0.2, 0.25) is 0 Å². The number of amides is 2. The molecule has 0 aromatic heterocycles. The number of nitrogens with zero attached hydrogens (tertiary/aromatic N) is 1. The number of methoxy groups -OCH3 is 1. The fourth-order valence-electron chi connectivity index (χ4n) is 2.27. The lowest BCUT2D eigenvalue weighted by Gasteiger charge is -2.20. The van der Waals surface area contributed by atoms with Crippen molar-refractivity contribution in [3.8, 4) is 0 Å². The minimum atomic E-state index is -0.104. The highest BCUT2D eigenvalue weighted by Gasteiger charge is 2.13. The molecule has 0 heterocycles. The van der Waals surface area contributed by atoms with Crippen LogP contribution in [-0.4, -0.2) is 50.1 Å². The van der Waals surface area contributed by atoms with E-state index in [9.17, 15) is 9.59 Å². The molecule has 0 aromatic carbocycles. The van der Waals surface area contributed by atoms with Crippen molar-refractivity contribution >= 4 is 11.8 Å². The third-order valence-electron chi connectivity index (χ3n) is 3.50. The monoisotopic (exact) mass is 282 g/mol. The van der Waals surface area contributed by atoms with Crippen molar-refractivity contribution in [2.24, 2.45) is 0 Å². The fraction of sp³-hybridized carbons (Fsp3) is 0.733. The molecule has 0 radical (unpaired) electrons. The van der Waals surface area contributed by atoms with E-state index in [0.717, 1.165) is 12.8 Å². The maximum Gasteiger partial charge on any atom is 0.239 e. The van der Waals surface area contributed by atoms with Gasteiger partial charge in [-0.25, -0.2) is 0 Å². The van der Waals surface area contributed by atoms with Gasteiger partial charge in [-0.3, -0.25) is 9.59 Å². The summed E-state index contributed by atoms with van der Waals surface area (Å²) >= 11 is 0. The van der Waals surface area contributed by atoms with Crippen LogP contribution in [0.4, 0.5) is 0 Å². The topological polar surface area (TPSA) is 58.6 Å². The molecule has 0 aliphatic heterocycles. The smallest absolute Gasteiger partial charge is 0.239 e. The Bertz CT molecular complexity index is 353. The predicted molar refractivity (Wildman–Crippen MR) is 78.3 cm³/mol. The van der Waals surface area contributed by atoms with Crippen LogP contribution >= 0.6 is 0 Å². The molecule has 114 valence electrons. The van der Waals surface area contributed by atoms with Gasteiger partial charge in [0.05, 0.1) is 13.2 Å². The Balaban J connectivity index is 2.23.